The molecule has 3 heteroatoms. The summed E-state index contributed by atoms with van der Waals surface area (Å²) in [5.74, 6) is 0.833. The van der Waals surface area contributed by atoms with Crippen LogP contribution >= 0.6 is 22.6 Å². The highest BCUT2D eigenvalue weighted by Crippen LogP contribution is 2.33. The van der Waals surface area contributed by atoms with Crippen molar-refractivity contribution in [3.63, 3.8) is 0 Å². The van der Waals surface area contributed by atoms with E-state index in [0.29, 0.717) is 0 Å². The van der Waals surface area contributed by atoms with Crippen molar-refractivity contribution in [3.8, 4) is 0 Å². The van der Waals surface area contributed by atoms with E-state index >= 15 is 0 Å². The summed E-state index contributed by atoms with van der Waals surface area (Å²) < 4.78 is 0.796. The van der Waals surface area contributed by atoms with E-state index in [1.807, 2.05) is 0 Å². The number of alkyl halides is 1. The van der Waals surface area contributed by atoms with Gasteiger partial charge >= 0.3 is 0 Å². The Morgan fingerprint density at radius 2 is 2.40 bits per heavy atom. The first kappa shape index (κ1) is 8.30. The molecular formula is C7H12INO. The van der Waals surface area contributed by atoms with Gasteiger partial charge in [0.1, 0.15) is 0 Å². The van der Waals surface area contributed by atoms with Crippen LogP contribution in [0.2, 0.25) is 0 Å². The number of hydrogen-bond donors (Lipinski definition) is 1. The Hall–Kier alpha value is 0.200. The van der Waals surface area contributed by atoms with E-state index in [1.165, 1.54) is 12.8 Å². The first-order chi connectivity index (χ1) is 4.70. The number of nitrogens with one attached hydrogen (secondary N) is 1. The molecule has 1 aliphatic rings. The van der Waals surface area contributed by atoms with Gasteiger partial charge in [0.05, 0.1) is 0 Å². The molecule has 2 nitrogen and oxygen atoms in total. The fourth-order valence-corrected chi connectivity index (χ4v) is 2.01. The summed E-state index contributed by atoms with van der Waals surface area (Å²) in [5, 5.41) is 2.83. The molecule has 10 heavy (non-hydrogen) atoms. The van der Waals surface area contributed by atoms with E-state index in [4.69, 9.17) is 0 Å². The molecule has 58 valence electrons. The van der Waals surface area contributed by atoms with Crippen LogP contribution in [-0.2, 0) is 4.79 Å². The Labute approximate surface area is 74.9 Å². The van der Waals surface area contributed by atoms with Gasteiger partial charge in [0.2, 0.25) is 5.91 Å². The number of hydrogen-bond acceptors (Lipinski definition) is 1. The summed E-state index contributed by atoms with van der Waals surface area (Å²) in [5.41, 5.74) is 0. The van der Waals surface area contributed by atoms with Gasteiger partial charge in [-0.15, -0.1) is 0 Å². The average Bonchev–Trinajstić information content (AvgIpc) is 1.84. The molecule has 1 N–H and O–H groups in total. The summed E-state index contributed by atoms with van der Waals surface area (Å²) in [6.07, 6.45) is 2.61. The molecule has 1 saturated carbocycles. The van der Waals surface area contributed by atoms with Crippen LogP contribution in [0.25, 0.3) is 0 Å². The highest BCUT2D eigenvalue weighted by molar-refractivity contribution is 14.1. The number of carbonyl (C=O) groups is 1. The normalized spacial score (nSPS) is 31.0. The lowest BCUT2D eigenvalue weighted by Gasteiger charge is -2.32. The Morgan fingerprint density at radius 3 is 2.70 bits per heavy atom. The lowest BCUT2D eigenvalue weighted by Crippen LogP contribution is -2.37. The molecule has 2 unspecified atom stereocenters. The minimum Gasteiger partial charge on any atom is -0.356 e. The van der Waals surface area contributed by atoms with Gasteiger partial charge in [-0.25, -0.2) is 0 Å². The van der Waals surface area contributed by atoms with E-state index in [0.717, 1.165) is 16.4 Å². The van der Waals surface area contributed by atoms with Crippen molar-refractivity contribution in [1.29, 1.82) is 0 Å². The maximum absolute atomic E-state index is 10.5. The fourth-order valence-electron chi connectivity index (χ4n) is 1.03. The van der Waals surface area contributed by atoms with Crippen molar-refractivity contribution in [2.24, 2.45) is 5.92 Å². The van der Waals surface area contributed by atoms with Crippen LogP contribution in [0.5, 0.6) is 0 Å². The fraction of sp³-hybridized carbons (Fsp3) is 0.857. The second-order valence-corrected chi connectivity index (χ2v) is 4.39. The van der Waals surface area contributed by atoms with Crippen LogP contribution in [-0.4, -0.2) is 16.4 Å². The molecule has 1 fully saturated rings. The summed E-state index contributed by atoms with van der Waals surface area (Å²) in [7, 11) is 0. The topological polar surface area (TPSA) is 29.1 Å². The molecule has 0 bridgehead atoms. The molecule has 0 heterocycles. The summed E-state index contributed by atoms with van der Waals surface area (Å²) in [6, 6.07) is 0. The molecule has 0 aromatic heterocycles. The lowest BCUT2D eigenvalue weighted by molar-refractivity contribution is -0.119. The van der Waals surface area contributed by atoms with E-state index in [1.54, 1.807) is 6.92 Å². The number of amides is 1. The predicted molar refractivity (Wildman–Crippen MR) is 49.2 cm³/mol. The van der Waals surface area contributed by atoms with Crippen LogP contribution in [0, 0.1) is 5.92 Å². The van der Waals surface area contributed by atoms with Crippen LogP contribution in [0.15, 0.2) is 0 Å². The lowest BCUT2D eigenvalue weighted by atomic mass is 9.85. The molecule has 0 aromatic rings. The van der Waals surface area contributed by atoms with Gasteiger partial charge in [0.25, 0.3) is 0 Å². The SMILES string of the molecule is CC(=O)NCC1CCC1I. The van der Waals surface area contributed by atoms with Gasteiger partial charge in [0, 0.05) is 17.4 Å². The molecule has 0 spiro atoms. The van der Waals surface area contributed by atoms with E-state index < -0.39 is 0 Å². The molecule has 1 rings (SSSR count). The van der Waals surface area contributed by atoms with Gasteiger partial charge < -0.3 is 5.32 Å². The molecule has 0 aliphatic heterocycles. The highest BCUT2D eigenvalue weighted by Gasteiger charge is 2.27. The van der Waals surface area contributed by atoms with Crippen LogP contribution in [0.1, 0.15) is 19.8 Å². The van der Waals surface area contributed by atoms with Gasteiger partial charge in [0.15, 0.2) is 0 Å². The first-order valence-corrected chi connectivity index (χ1v) is 4.83. The maximum atomic E-state index is 10.5. The number of halogens is 1. The van der Waals surface area contributed by atoms with E-state index in [-0.39, 0.29) is 5.91 Å². The quantitative estimate of drug-likeness (QED) is 0.584. The summed E-state index contributed by atoms with van der Waals surface area (Å²) in [4.78, 5) is 10.5. The third kappa shape index (κ3) is 2.11. The molecule has 0 radical (unpaired) electrons. The predicted octanol–water partition coefficient (Wildman–Crippen LogP) is 1.34. The second kappa shape index (κ2) is 3.55. The summed E-state index contributed by atoms with van der Waals surface area (Å²) >= 11 is 2.45. The first-order valence-electron chi connectivity index (χ1n) is 3.58. The number of carbonyl (C=O) groups excluding carboxylic acids is 1. The smallest absolute Gasteiger partial charge is 0.216 e. The number of rotatable bonds is 2. The largest absolute Gasteiger partial charge is 0.356 e. The Morgan fingerprint density at radius 1 is 1.70 bits per heavy atom. The Balaban J connectivity index is 2.08. The monoisotopic (exact) mass is 253 g/mol. The zero-order valence-electron chi connectivity index (χ0n) is 6.06. The third-order valence-corrected chi connectivity index (χ3v) is 3.58. The van der Waals surface area contributed by atoms with Crippen molar-refractivity contribution in [2.45, 2.75) is 23.7 Å². The van der Waals surface area contributed by atoms with Crippen LogP contribution in [0.4, 0.5) is 0 Å². The van der Waals surface area contributed by atoms with Crippen molar-refractivity contribution in [3.05, 3.63) is 0 Å². The minimum atomic E-state index is 0.0931. The Kier molecular flexibility index (Phi) is 2.95. The Bertz CT molecular complexity index is 138. The van der Waals surface area contributed by atoms with Gasteiger partial charge in [-0.1, -0.05) is 22.6 Å². The van der Waals surface area contributed by atoms with E-state index in [9.17, 15) is 4.79 Å². The standard InChI is InChI=1S/C7H12INO/c1-5(10)9-4-6-2-3-7(6)8/h6-7H,2-4H2,1H3,(H,9,10). The molecule has 0 aromatic carbocycles. The highest BCUT2D eigenvalue weighted by atomic mass is 127. The van der Waals surface area contributed by atoms with Gasteiger partial charge in [-0.3, -0.25) is 4.79 Å². The van der Waals surface area contributed by atoms with Crippen molar-refractivity contribution in [1.82, 2.24) is 5.32 Å². The van der Waals surface area contributed by atoms with Crippen molar-refractivity contribution < 1.29 is 4.79 Å². The third-order valence-electron chi connectivity index (χ3n) is 1.94. The second-order valence-electron chi connectivity index (χ2n) is 2.79. The minimum absolute atomic E-state index is 0.0931. The molecule has 2 atom stereocenters. The van der Waals surface area contributed by atoms with Gasteiger partial charge in [-0.05, 0) is 18.8 Å². The van der Waals surface area contributed by atoms with Crippen LogP contribution in [0.3, 0.4) is 0 Å². The zero-order chi connectivity index (χ0) is 7.56. The van der Waals surface area contributed by atoms with Gasteiger partial charge in [-0.2, -0.15) is 0 Å². The molecule has 0 saturated heterocycles. The average molecular weight is 253 g/mol. The summed E-state index contributed by atoms with van der Waals surface area (Å²) in [6.45, 7) is 2.45. The zero-order valence-corrected chi connectivity index (χ0v) is 8.22. The van der Waals surface area contributed by atoms with Crippen molar-refractivity contribution >= 4 is 28.5 Å². The molecule has 1 aliphatic carbocycles. The van der Waals surface area contributed by atoms with Crippen LogP contribution < -0.4 is 5.32 Å². The molecular weight excluding hydrogens is 241 g/mol. The van der Waals surface area contributed by atoms with E-state index in [2.05, 4.69) is 27.9 Å². The maximum Gasteiger partial charge on any atom is 0.216 e. The molecule has 1 amide bonds. The van der Waals surface area contributed by atoms with Crippen molar-refractivity contribution in [2.75, 3.05) is 6.54 Å².